The Labute approximate surface area is 111 Å². The summed E-state index contributed by atoms with van der Waals surface area (Å²) in [5.41, 5.74) is 9.25. The largest absolute Gasteiger partial charge is 0.324 e. The average Bonchev–Trinajstić information content (AvgIpc) is 2.35. The summed E-state index contributed by atoms with van der Waals surface area (Å²) in [7, 11) is 0. The molecule has 0 aliphatic carbocycles. The van der Waals surface area contributed by atoms with Gasteiger partial charge in [0.05, 0.1) is 5.02 Å². The van der Waals surface area contributed by atoms with Crippen molar-refractivity contribution in [3.8, 4) is 0 Å². The molecule has 2 aromatic carbocycles. The fraction of sp³-hybridized carbons (Fsp3) is 0.200. The molecule has 18 heavy (non-hydrogen) atoms. The maximum absolute atomic E-state index is 13.4. The quantitative estimate of drug-likeness (QED) is 0.889. The minimum atomic E-state index is -0.422. The Morgan fingerprint density at radius 1 is 1.22 bits per heavy atom. The van der Waals surface area contributed by atoms with E-state index in [1.165, 1.54) is 17.2 Å². The monoisotopic (exact) mass is 263 g/mol. The predicted molar refractivity (Wildman–Crippen MR) is 73.2 cm³/mol. The van der Waals surface area contributed by atoms with Crippen LogP contribution in [0.3, 0.4) is 0 Å². The van der Waals surface area contributed by atoms with Crippen LogP contribution in [0.4, 0.5) is 4.39 Å². The van der Waals surface area contributed by atoms with E-state index >= 15 is 0 Å². The maximum atomic E-state index is 13.4. The van der Waals surface area contributed by atoms with Gasteiger partial charge in [0.1, 0.15) is 5.82 Å². The molecule has 0 amide bonds. The Balaban J connectivity index is 2.19. The summed E-state index contributed by atoms with van der Waals surface area (Å²) in [6.45, 7) is 2.05. The van der Waals surface area contributed by atoms with Gasteiger partial charge in [-0.2, -0.15) is 0 Å². The number of aryl methyl sites for hydroxylation is 1. The van der Waals surface area contributed by atoms with Crippen molar-refractivity contribution in [3.63, 3.8) is 0 Å². The molecular weight excluding hydrogens is 249 g/mol. The minimum Gasteiger partial charge on any atom is -0.324 e. The van der Waals surface area contributed by atoms with Crippen molar-refractivity contribution in [2.24, 2.45) is 5.73 Å². The van der Waals surface area contributed by atoms with Gasteiger partial charge in [-0.05, 0) is 42.2 Å². The molecule has 0 aliphatic heterocycles. The zero-order chi connectivity index (χ0) is 13.1. The topological polar surface area (TPSA) is 26.0 Å². The SMILES string of the molecule is Cc1ccccc1CC(N)c1ccc(Cl)c(F)c1. The van der Waals surface area contributed by atoms with Gasteiger partial charge in [0, 0.05) is 6.04 Å². The summed E-state index contributed by atoms with van der Waals surface area (Å²) in [5, 5.41) is 0.127. The van der Waals surface area contributed by atoms with E-state index < -0.39 is 5.82 Å². The Hall–Kier alpha value is -1.38. The van der Waals surface area contributed by atoms with Crippen LogP contribution in [0, 0.1) is 12.7 Å². The third-order valence-electron chi connectivity index (χ3n) is 3.07. The number of halogens is 2. The maximum Gasteiger partial charge on any atom is 0.142 e. The molecule has 3 heteroatoms. The van der Waals surface area contributed by atoms with Gasteiger partial charge in [-0.25, -0.2) is 4.39 Å². The lowest BCUT2D eigenvalue weighted by Crippen LogP contribution is -2.14. The van der Waals surface area contributed by atoms with Gasteiger partial charge in [-0.3, -0.25) is 0 Å². The number of hydrogen-bond acceptors (Lipinski definition) is 1. The molecule has 0 bridgehead atoms. The van der Waals surface area contributed by atoms with Crippen LogP contribution in [0.15, 0.2) is 42.5 Å². The van der Waals surface area contributed by atoms with Gasteiger partial charge in [0.25, 0.3) is 0 Å². The Morgan fingerprint density at radius 2 is 1.94 bits per heavy atom. The highest BCUT2D eigenvalue weighted by Gasteiger charge is 2.10. The summed E-state index contributed by atoms with van der Waals surface area (Å²) in [6, 6.07) is 12.6. The van der Waals surface area contributed by atoms with Gasteiger partial charge >= 0.3 is 0 Å². The summed E-state index contributed by atoms with van der Waals surface area (Å²) in [4.78, 5) is 0. The van der Waals surface area contributed by atoms with E-state index in [0.29, 0.717) is 6.42 Å². The molecule has 1 nitrogen and oxygen atoms in total. The van der Waals surface area contributed by atoms with Crippen LogP contribution < -0.4 is 5.73 Å². The highest BCUT2D eigenvalue weighted by atomic mass is 35.5. The van der Waals surface area contributed by atoms with Gasteiger partial charge in [-0.15, -0.1) is 0 Å². The molecule has 0 aromatic heterocycles. The van der Waals surface area contributed by atoms with Crippen molar-refractivity contribution in [3.05, 3.63) is 70.0 Å². The molecular formula is C15H15ClFN. The first-order valence-electron chi connectivity index (χ1n) is 5.83. The molecule has 0 fully saturated rings. The number of hydrogen-bond donors (Lipinski definition) is 1. The predicted octanol–water partition coefficient (Wildman–Crippen LogP) is 4.03. The van der Waals surface area contributed by atoms with Gasteiger partial charge < -0.3 is 5.73 Å². The van der Waals surface area contributed by atoms with Crippen molar-refractivity contribution in [2.75, 3.05) is 0 Å². The second kappa shape index (κ2) is 5.51. The molecule has 0 heterocycles. The smallest absolute Gasteiger partial charge is 0.142 e. The van der Waals surface area contributed by atoms with Crippen LogP contribution in [0.25, 0.3) is 0 Å². The zero-order valence-electron chi connectivity index (χ0n) is 10.2. The van der Waals surface area contributed by atoms with Crippen LogP contribution >= 0.6 is 11.6 Å². The van der Waals surface area contributed by atoms with E-state index in [0.717, 1.165) is 5.56 Å². The fourth-order valence-corrected chi connectivity index (χ4v) is 2.05. The van der Waals surface area contributed by atoms with E-state index in [-0.39, 0.29) is 11.1 Å². The molecule has 0 aliphatic rings. The summed E-state index contributed by atoms with van der Waals surface area (Å²) in [6.07, 6.45) is 0.688. The normalized spacial score (nSPS) is 12.4. The van der Waals surface area contributed by atoms with Crippen LogP contribution in [-0.4, -0.2) is 0 Å². The van der Waals surface area contributed by atoms with Gasteiger partial charge in [-0.1, -0.05) is 41.9 Å². The zero-order valence-corrected chi connectivity index (χ0v) is 10.9. The molecule has 94 valence electrons. The number of benzene rings is 2. The Bertz CT molecular complexity index is 554. The Morgan fingerprint density at radius 3 is 2.61 bits per heavy atom. The van der Waals surface area contributed by atoms with E-state index in [4.69, 9.17) is 17.3 Å². The number of rotatable bonds is 3. The lowest BCUT2D eigenvalue weighted by atomic mass is 9.97. The highest BCUT2D eigenvalue weighted by Crippen LogP contribution is 2.22. The minimum absolute atomic E-state index is 0.127. The van der Waals surface area contributed by atoms with E-state index in [1.54, 1.807) is 12.1 Å². The lowest BCUT2D eigenvalue weighted by molar-refractivity contribution is 0.619. The summed E-state index contributed by atoms with van der Waals surface area (Å²) in [5.74, 6) is -0.422. The summed E-state index contributed by atoms with van der Waals surface area (Å²) < 4.78 is 13.4. The highest BCUT2D eigenvalue weighted by molar-refractivity contribution is 6.30. The summed E-state index contributed by atoms with van der Waals surface area (Å²) >= 11 is 5.65. The lowest BCUT2D eigenvalue weighted by Gasteiger charge is -2.14. The molecule has 1 atom stereocenters. The Kier molecular flexibility index (Phi) is 4.00. The van der Waals surface area contributed by atoms with E-state index in [9.17, 15) is 4.39 Å². The molecule has 0 saturated heterocycles. The second-order valence-electron chi connectivity index (χ2n) is 4.41. The van der Waals surface area contributed by atoms with Gasteiger partial charge in [0.2, 0.25) is 0 Å². The molecule has 0 spiro atoms. The molecule has 2 rings (SSSR count). The van der Waals surface area contributed by atoms with Crippen molar-refractivity contribution in [1.29, 1.82) is 0 Å². The standard InChI is InChI=1S/C15H15ClFN/c1-10-4-2-3-5-11(10)9-15(18)12-6-7-13(16)14(17)8-12/h2-8,15H,9,18H2,1H3. The fourth-order valence-electron chi connectivity index (χ4n) is 1.94. The van der Waals surface area contributed by atoms with E-state index in [1.807, 2.05) is 31.2 Å². The van der Waals surface area contributed by atoms with Crippen molar-refractivity contribution >= 4 is 11.6 Å². The number of nitrogens with two attached hydrogens (primary N) is 1. The molecule has 1 unspecified atom stereocenters. The van der Waals surface area contributed by atoms with Crippen LogP contribution in [0.5, 0.6) is 0 Å². The van der Waals surface area contributed by atoms with Crippen LogP contribution in [-0.2, 0) is 6.42 Å². The van der Waals surface area contributed by atoms with Crippen LogP contribution in [0.2, 0.25) is 5.02 Å². The second-order valence-corrected chi connectivity index (χ2v) is 4.82. The third-order valence-corrected chi connectivity index (χ3v) is 3.38. The third kappa shape index (κ3) is 2.89. The van der Waals surface area contributed by atoms with Crippen LogP contribution in [0.1, 0.15) is 22.7 Å². The van der Waals surface area contributed by atoms with Crippen molar-refractivity contribution in [2.45, 2.75) is 19.4 Å². The average molecular weight is 264 g/mol. The van der Waals surface area contributed by atoms with Gasteiger partial charge in [0.15, 0.2) is 0 Å². The molecule has 2 aromatic rings. The molecule has 0 radical (unpaired) electrons. The first-order valence-corrected chi connectivity index (χ1v) is 6.21. The molecule has 0 saturated carbocycles. The first kappa shape index (κ1) is 13.1. The first-order chi connectivity index (χ1) is 8.58. The molecule has 2 N–H and O–H groups in total. The van der Waals surface area contributed by atoms with E-state index in [2.05, 4.69) is 0 Å². The van der Waals surface area contributed by atoms with Crippen molar-refractivity contribution < 1.29 is 4.39 Å². The van der Waals surface area contributed by atoms with Crippen molar-refractivity contribution in [1.82, 2.24) is 0 Å².